The normalized spacial score (nSPS) is 26.4. The first-order valence-electron chi connectivity index (χ1n) is 4.86. The van der Waals surface area contributed by atoms with Crippen molar-refractivity contribution in [3.8, 4) is 0 Å². The molecule has 0 aromatic heterocycles. The van der Waals surface area contributed by atoms with Crippen molar-refractivity contribution in [3.05, 3.63) is 35.4 Å². The molecule has 1 aliphatic heterocycles. The molecule has 74 valence electrons. The molecule has 0 saturated heterocycles. The molecule has 0 bridgehead atoms. The third-order valence-electron chi connectivity index (χ3n) is 2.64. The Morgan fingerprint density at radius 3 is 2.36 bits per heavy atom. The van der Waals surface area contributed by atoms with Gasteiger partial charge in [0.15, 0.2) is 0 Å². The van der Waals surface area contributed by atoms with E-state index < -0.39 is 0 Å². The molecule has 0 saturated carbocycles. The highest BCUT2D eigenvalue weighted by Crippen LogP contribution is 2.36. The van der Waals surface area contributed by atoms with E-state index in [1.165, 1.54) is 16.2 Å². The second kappa shape index (κ2) is 3.43. The van der Waals surface area contributed by atoms with Crippen LogP contribution in [0, 0.1) is 6.92 Å². The van der Waals surface area contributed by atoms with Crippen LogP contribution < -0.4 is 0 Å². The van der Waals surface area contributed by atoms with Gasteiger partial charge in [-0.25, -0.2) is 0 Å². The van der Waals surface area contributed by atoms with Crippen molar-refractivity contribution in [3.63, 3.8) is 0 Å². The van der Waals surface area contributed by atoms with Crippen molar-refractivity contribution in [2.45, 2.75) is 26.3 Å². The van der Waals surface area contributed by atoms with E-state index in [2.05, 4.69) is 45.0 Å². The van der Waals surface area contributed by atoms with E-state index in [1.54, 1.807) is 0 Å². The smallest absolute Gasteiger partial charge is 0.0931 e. The fraction of sp³-hybridized carbons (Fsp3) is 0.417. The maximum Gasteiger partial charge on any atom is 0.0931 e. The molecule has 1 nitrogen and oxygen atoms in total. The summed E-state index contributed by atoms with van der Waals surface area (Å²) in [5, 5.41) is 1.20. The van der Waals surface area contributed by atoms with Gasteiger partial charge in [0.1, 0.15) is 0 Å². The molecule has 2 heteroatoms. The number of rotatable bonds is 1. The van der Waals surface area contributed by atoms with Gasteiger partial charge < -0.3 is 0 Å². The van der Waals surface area contributed by atoms with Crippen molar-refractivity contribution in [1.29, 1.82) is 0 Å². The van der Waals surface area contributed by atoms with Crippen LogP contribution in [0.4, 0.5) is 0 Å². The van der Waals surface area contributed by atoms with E-state index in [0.717, 1.165) is 5.75 Å². The van der Waals surface area contributed by atoms with Gasteiger partial charge >= 0.3 is 0 Å². The van der Waals surface area contributed by atoms with Crippen molar-refractivity contribution in [2.75, 3.05) is 5.75 Å². The molecule has 1 atom stereocenters. The highest BCUT2D eigenvalue weighted by Gasteiger charge is 2.30. The quantitative estimate of drug-likeness (QED) is 0.684. The predicted octanol–water partition coefficient (Wildman–Crippen LogP) is 3.38. The van der Waals surface area contributed by atoms with Crippen LogP contribution in [0.25, 0.3) is 0 Å². The van der Waals surface area contributed by atoms with Gasteiger partial charge in [-0.3, -0.25) is 4.99 Å². The molecule has 0 spiro atoms. The van der Waals surface area contributed by atoms with Crippen LogP contribution in [0.3, 0.4) is 0 Å². The molecule has 0 radical (unpaired) electrons. The van der Waals surface area contributed by atoms with E-state index in [4.69, 9.17) is 4.99 Å². The maximum atomic E-state index is 4.70. The van der Waals surface area contributed by atoms with Gasteiger partial charge in [-0.15, -0.1) is 11.8 Å². The number of aryl methyl sites for hydroxylation is 1. The summed E-state index contributed by atoms with van der Waals surface area (Å²) in [6.45, 7) is 6.41. The first-order valence-corrected chi connectivity index (χ1v) is 5.85. The molecule has 1 heterocycles. The van der Waals surface area contributed by atoms with Crippen LogP contribution in [0.15, 0.2) is 29.3 Å². The van der Waals surface area contributed by atoms with Gasteiger partial charge in [-0.05, 0) is 26.3 Å². The molecule has 0 amide bonds. The van der Waals surface area contributed by atoms with Crippen LogP contribution in [-0.2, 0) is 5.54 Å². The molecule has 1 unspecified atom stereocenters. The Hall–Kier alpha value is -0.760. The molecule has 14 heavy (non-hydrogen) atoms. The fourth-order valence-electron chi connectivity index (χ4n) is 1.72. The van der Waals surface area contributed by atoms with Crippen LogP contribution >= 0.6 is 11.8 Å². The average Bonchev–Trinajstić information content (AvgIpc) is 2.48. The molecule has 0 aliphatic carbocycles. The second-order valence-corrected chi connectivity index (χ2v) is 5.23. The zero-order valence-electron chi connectivity index (χ0n) is 8.87. The highest BCUT2D eigenvalue weighted by molar-refractivity contribution is 8.14. The van der Waals surface area contributed by atoms with Gasteiger partial charge in [0.25, 0.3) is 0 Å². The lowest BCUT2D eigenvalue weighted by atomic mass is 9.94. The standard InChI is InChI=1S/C12H15NS/c1-9-4-6-11(7-5-9)12(3)8-14-10(2)13-12/h4-7H,8H2,1-3H3. The van der Waals surface area contributed by atoms with E-state index in [9.17, 15) is 0 Å². The highest BCUT2D eigenvalue weighted by atomic mass is 32.2. The van der Waals surface area contributed by atoms with E-state index >= 15 is 0 Å². The summed E-state index contributed by atoms with van der Waals surface area (Å²) in [4.78, 5) is 4.70. The third kappa shape index (κ3) is 1.71. The van der Waals surface area contributed by atoms with Crippen LogP contribution in [0.5, 0.6) is 0 Å². The Balaban J connectivity index is 2.35. The van der Waals surface area contributed by atoms with Gasteiger partial charge in [-0.1, -0.05) is 29.8 Å². The summed E-state index contributed by atoms with van der Waals surface area (Å²) in [5.41, 5.74) is 2.64. The van der Waals surface area contributed by atoms with Gasteiger partial charge in [0, 0.05) is 5.75 Å². The summed E-state index contributed by atoms with van der Waals surface area (Å²) < 4.78 is 0. The zero-order chi connectivity index (χ0) is 10.2. The van der Waals surface area contributed by atoms with Crippen LogP contribution in [0.1, 0.15) is 25.0 Å². The Bertz CT molecular complexity index is 366. The van der Waals surface area contributed by atoms with Crippen LogP contribution in [0.2, 0.25) is 0 Å². The Morgan fingerprint density at radius 1 is 1.21 bits per heavy atom. The summed E-state index contributed by atoms with van der Waals surface area (Å²) in [6.07, 6.45) is 0. The lowest BCUT2D eigenvalue weighted by Gasteiger charge is -2.20. The number of hydrogen-bond acceptors (Lipinski definition) is 2. The molecular weight excluding hydrogens is 190 g/mol. The molecule has 0 fully saturated rings. The minimum absolute atomic E-state index is 0.00243. The molecule has 2 rings (SSSR count). The van der Waals surface area contributed by atoms with E-state index in [0.29, 0.717) is 0 Å². The van der Waals surface area contributed by atoms with Crippen molar-refractivity contribution in [1.82, 2.24) is 0 Å². The minimum Gasteiger partial charge on any atom is -0.271 e. The molecule has 0 N–H and O–H groups in total. The van der Waals surface area contributed by atoms with Crippen molar-refractivity contribution in [2.24, 2.45) is 4.99 Å². The number of thioether (sulfide) groups is 1. The van der Waals surface area contributed by atoms with Crippen LogP contribution in [-0.4, -0.2) is 10.8 Å². The molecule has 1 aromatic carbocycles. The van der Waals surface area contributed by atoms with E-state index in [1.807, 2.05) is 11.8 Å². The number of hydrogen-bond donors (Lipinski definition) is 0. The first kappa shape index (κ1) is 9.78. The predicted molar refractivity (Wildman–Crippen MR) is 64.1 cm³/mol. The zero-order valence-corrected chi connectivity index (χ0v) is 9.69. The Labute approximate surface area is 89.6 Å². The lowest BCUT2D eigenvalue weighted by molar-refractivity contribution is 0.579. The Kier molecular flexibility index (Phi) is 2.40. The third-order valence-corrected chi connectivity index (χ3v) is 3.86. The summed E-state index contributed by atoms with van der Waals surface area (Å²) in [5.74, 6) is 1.07. The molecular formula is C12H15NS. The lowest BCUT2D eigenvalue weighted by Crippen LogP contribution is -2.18. The average molecular weight is 205 g/mol. The minimum atomic E-state index is 0.00243. The Morgan fingerprint density at radius 2 is 1.86 bits per heavy atom. The molecule has 1 aromatic rings. The summed E-state index contributed by atoms with van der Waals surface area (Å²) in [7, 11) is 0. The second-order valence-electron chi connectivity index (χ2n) is 4.06. The number of nitrogens with zero attached hydrogens (tertiary/aromatic N) is 1. The summed E-state index contributed by atoms with van der Waals surface area (Å²) >= 11 is 1.85. The van der Waals surface area contributed by atoms with Gasteiger partial charge in [-0.2, -0.15) is 0 Å². The SMILES string of the molecule is CC1=NC(C)(c2ccc(C)cc2)CS1. The van der Waals surface area contributed by atoms with Crippen molar-refractivity contribution >= 4 is 16.8 Å². The molecule has 1 aliphatic rings. The first-order chi connectivity index (χ1) is 6.60. The van der Waals surface area contributed by atoms with E-state index in [-0.39, 0.29) is 5.54 Å². The monoisotopic (exact) mass is 205 g/mol. The maximum absolute atomic E-state index is 4.70. The number of aliphatic imine (C=N–C) groups is 1. The number of benzene rings is 1. The largest absolute Gasteiger partial charge is 0.271 e. The van der Waals surface area contributed by atoms with Crippen molar-refractivity contribution < 1.29 is 0 Å². The van der Waals surface area contributed by atoms with Gasteiger partial charge in [0.2, 0.25) is 0 Å². The van der Waals surface area contributed by atoms with Gasteiger partial charge in [0.05, 0.1) is 10.6 Å². The topological polar surface area (TPSA) is 12.4 Å². The fourth-order valence-corrected chi connectivity index (χ4v) is 2.70. The summed E-state index contributed by atoms with van der Waals surface area (Å²) in [6, 6.07) is 8.71.